The topological polar surface area (TPSA) is 59.6 Å². The molecule has 0 aromatic rings. The average Bonchev–Trinajstić information content (AvgIpc) is 1.41. The number of nitrogens with zero attached hydrogens (tertiary/aromatic N) is 2. The molecule has 0 bridgehead atoms. The first kappa shape index (κ1) is 9.65. The van der Waals surface area contributed by atoms with Crippen LogP contribution >= 0.6 is 0 Å². The van der Waals surface area contributed by atoms with Gasteiger partial charge in [0.2, 0.25) is 0 Å². The van der Waals surface area contributed by atoms with Gasteiger partial charge in [0, 0.05) is 51.4 Å². The molecule has 0 aromatic heterocycles. The average molecular weight is 106 g/mol. The molecule has 4 heteroatoms. The quantitative estimate of drug-likeness (QED) is 0.249. The van der Waals surface area contributed by atoms with Crippen LogP contribution in [-0.2, 0) is 0 Å². The Bertz CT molecular complexity index is 73.9. The summed E-state index contributed by atoms with van der Waals surface area (Å²) in [6, 6.07) is 0. The van der Waals surface area contributed by atoms with Crippen molar-refractivity contribution in [2.45, 2.75) is 0 Å². The first-order valence-corrected chi connectivity index (χ1v) is 0.947. The molecule has 6 heavy (non-hydrogen) atoms. The minimum absolute atomic E-state index is 0. The molecule has 1 N–H and O–H groups in total. The summed E-state index contributed by atoms with van der Waals surface area (Å²) in [6.07, 6.45) is 2.81. The third-order valence-electron chi connectivity index (χ3n) is 0.112. The van der Waals surface area contributed by atoms with Gasteiger partial charge in [0.25, 0.3) is 0 Å². The van der Waals surface area contributed by atoms with Crippen molar-refractivity contribution in [3.63, 3.8) is 0 Å². The van der Waals surface area contributed by atoms with Crippen molar-refractivity contribution in [2.24, 2.45) is 0 Å². The zero-order valence-electron chi connectivity index (χ0n) is 3.39. The standard InChI is InChI=1S/C2HN3.K/c3-1-5-2-4;/h5H;. The number of rotatable bonds is 0. The van der Waals surface area contributed by atoms with Gasteiger partial charge in [-0.3, -0.25) is 0 Å². The zero-order chi connectivity index (χ0) is 4.12. The molecule has 0 saturated heterocycles. The van der Waals surface area contributed by atoms with Crippen LogP contribution in [0.1, 0.15) is 0 Å². The van der Waals surface area contributed by atoms with Crippen LogP contribution in [0.2, 0.25) is 0 Å². The smallest absolute Gasteiger partial charge is 0.190 e. The molecule has 0 atom stereocenters. The van der Waals surface area contributed by atoms with Gasteiger partial charge >= 0.3 is 0 Å². The van der Waals surface area contributed by atoms with E-state index in [1.807, 2.05) is 0 Å². The predicted octanol–water partition coefficient (Wildman–Crippen LogP) is -0.843. The second-order valence-corrected chi connectivity index (χ2v) is 0.349. The van der Waals surface area contributed by atoms with Gasteiger partial charge < -0.3 is 0 Å². The monoisotopic (exact) mass is 106 g/mol. The van der Waals surface area contributed by atoms with Gasteiger partial charge in [-0.2, -0.15) is 10.5 Å². The van der Waals surface area contributed by atoms with E-state index < -0.39 is 0 Å². The number of hydrogen-bond donors (Lipinski definition) is 1. The second kappa shape index (κ2) is 9.05. The Morgan fingerprint density at radius 3 is 1.50 bits per heavy atom. The van der Waals surface area contributed by atoms with Gasteiger partial charge in [-0.25, -0.2) is 5.32 Å². The van der Waals surface area contributed by atoms with Crippen molar-refractivity contribution in [3.05, 3.63) is 0 Å². The van der Waals surface area contributed by atoms with Gasteiger partial charge in [-0.05, 0) is 0 Å². The maximum Gasteiger partial charge on any atom is 0.190 e. The minimum Gasteiger partial charge on any atom is -0.229 e. The van der Waals surface area contributed by atoms with E-state index in [0.29, 0.717) is 0 Å². The summed E-state index contributed by atoms with van der Waals surface area (Å²) >= 11 is 0. The Labute approximate surface area is 78.4 Å². The second-order valence-electron chi connectivity index (χ2n) is 0.349. The van der Waals surface area contributed by atoms with Crippen molar-refractivity contribution in [1.82, 2.24) is 5.32 Å². The van der Waals surface area contributed by atoms with Crippen molar-refractivity contribution in [3.8, 4) is 12.4 Å². The Hall–Kier alpha value is 0.416. The Kier molecular flexibility index (Phi) is 14.6. The van der Waals surface area contributed by atoms with Gasteiger partial charge in [0.05, 0.1) is 0 Å². The first-order valence-electron chi connectivity index (χ1n) is 0.947. The molecule has 0 spiro atoms. The van der Waals surface area contributed by atoms with E-state index in [-0.39, 0.29) is 51.4 Å². The summed E-state index contributed by atoms with van der Waals surface area (Å²) in [5, 5.41) is 16.7. The van der Waals surface area contributed by atoms with E-state index in [1.165, 1.54) is 12.4 Å². The molecule has 0 aliphatic rings. The first-order chi connectivity index (χ1) is 2.41. The van der Waals surface area contributed by atoms with Crippen LogP contribution in [0.3, 0.4) is 0 Å². The molecular weight excluding hydrogens is 105 g/mol. The van der Waals surface area contributed by atoms with E-state index in [0.717, 1.165) is 0 Å². The van der Waals surface area contributed by atoms with Crippen molar-refractivity contribution >= 4 is 51.4 Å². The molecular formula is C2HKN3. The van der Waals surface area contributed by atoms with E-state index in [4.69, 9.17) is 10.5 Å². The summed E-state index contributed by atoms with van der Waals surface area (Å²) in [4.78, 5) is 0. The van der Waals surface area contributed by atoms with Crippen LogP contribution < -0.4 is 5.32 Å². The Morgan fingerprint density at radius 2 is 1.50 bits per heavy atom. The van der Waals surface area contributed by atoms with E-state index in [9.17, 15) is 0 Å². The number of nitrogens with one attached hydrogen (secondary N) is 1. The molecule has 1 radical (unpaired) electrons. The fourth-order valence-electron chi connectivity index (χ4n) is 0.0250. The fourth-order valence-corrected chi connectivity index (χ4v) is 0.0250. The molecule has 0 rings (SSSR count). The van der Waals surface area contributed by atoms with Crippen LogP contribution in [0.4, 0.5) is 0 Å². The SMILES string of the molecule is N#CNC#N.[K]. The van der Waals surface area contributed by atoms with E-state index >= 15 is 0 Å². The molecule has 3 nitrogen and oxygen atoms in total. The number of nitriles is 2. The minimum atomic E-state index is 0. The summed E-state index contributed by atoms with van der Waals surface area (Å²) in [7, 11) is 0. The normalized spacial score (nSPS) is 3.00. The van der Waals surface area contributed by atoms with Crippen LogP contribution in [-0.4, -0.2) is 51.4 Å². The summed E-state index contributed by atoms with van der Waals surface area (Å²) in [6.45, 7) is 0. The molecule has 0 unspecified atom stereocenters. The fraction of sp³-hybridized carbons (Fsp3) is 0. The van der Waals surface area contributed by atoms with Crippen molar-refractivity contribution < 1.29 is 0 Å². The molecule has 25 valence electrons. The van der Waals surface area contributed by atoms with Crippen LogP contribution in [0.25, 0.3) is 0 Å². The summed E-state index contributed by atoms with van der Waals surface area (Å²) in [5.74, 6) is 0. The van der Waals surface area contributed by atoms with Crippen LogP contribution in [0.15, 0.2) is 0 Å². The molecule has 0 fully saturated rings. The Balaban J connectivity index is 0. The van der Waals surface area contributed by atoms with Crippen molar-refractivity contribution in [2.75, 3.05) is 0 Å². The molecule has 0 saturated carbocycles. The Morgan fingerprint density at radius 1 is 1.17 bits per heavy atom. The third kappa shape index (κ3) is 8.83. The molecule has 0 amide bonds. The predicted molar refractivity (Wildman–Crippen MR) is 20.1 cm³/mol. The van der Waals surface area contributed by atoms with Gasteiger partial charge in [-0.15, -0.1) is 0 Å². The third-order valence-corrected chi connectivity index (χ3v) is 0.112. The van der Waals surface area contributed by atoms with Gasteiger partial charge in [0.15, 0.2) is 12.4 Å². The van der Waals surface area contributed by atoms with E-state index in [2.05, 4.69) is 0 Å². The van der Waals surface area contributed by atoms with Gasteiger partial charge in [0.1, 0.15) is 0 Å². The largest absolute Gasteiger partial charge is 0.229 e. The number of hydrogen-bond acceptors (Lipinski definition) is 3. The van der Waals surface area contributed by atoms with E-state index in [1.54, 1.807) is 5.32 Å². The summed E-state index contributed by atoms with van der Waals surface area (Å²) in [5.41, 5.74) is 0. The molecule has 0 aliphatic carbocycles. The molecule has 0 aromatic carbocycles. The van der Waals surface area contributed by atoms with Crippen LogP contribution in [0.5, 0.6) is 0 Å². The zero-order valence-corrected chi connectivity index (χ0v) is 6.52. The summed E-state index contributed by atoms with van der Waals surface area (Å²) < 4.78 is 0. The van der Waals surface area contributed by atoms with Gasteiger partial charge in [-0.1, -0.05) is 0 Å². The molecule has 0 aliphatic heterocycles. The van der Waals surface area contributed by atoms with Crippen LogP contribution in [0, 0.1) is 22.9 Å². The molecule has 0 heterocycles. The van der Waals surface area contributed by atoms with Crippen molar-refractivity contribution in [1.29, 1.82) is 10.5 Å². The maximum absolute atomic E-state index is 7.48. The maximum atomic E-state index is 7.48.